The molecule has 1 amide bonds. The van der Waals surface area contributed by atoms with E-state index in [-0.39, 0.29) is 11.9 Å². The van der Waals surface area contributed by atoms with Gasteiger partial charge in [-0.3, -0.25) is 4.79 Å². The van der Waals surface area contributed by atoms with Gasteiger partial charge >= 0.3 is 0 Å². The zero-order valence-electron chi connectivity index (χ0n) is 16.9. The first-order valence-electron chi connectivity index (χ1n) is 10.0. The Kier molecular flexibility index (Phi) is 6.69. The maximum atomic E-state index is 12.0. The van der Waals surface area contributed by atoms with Crippen molar-refractivity contribution in [2.45, 2.75) is 52.6 Å². The molecule has 0 saturated carbocycles. The highest BCUT2D eigenvalue weighted by Crippen LogP contribution is 2.22. The van der Waals surface area contributed by atoms with Gasteiger partial charge in [-0.05, 0) is 50.5 Å². The first kappa shape index (κ1) is 19.9. The van der Waals surface area contributed by atoms with Crippen molar-refractivity contribution in [3.05, 3.63) is 59.9 Å². The molecule has 0 fully saturated rings. The summed E-state index contributed by atoms with van der Waals surface area (Å²) in [6.45, 7) is 7.48. The van der Waals surface area contributed by atoms with Crippen molar-refractivity contribution < 1.29 is 9.53 Å². The molecule has 1 unspecified atom stereocenters. The van der Waals surface area contributed by atoms with Gasteiger partial charge in [0.1, 0.15) is 11.6 Å². The number of nitrogens with one attached hydrogen (secondary N) is 1. The Morgan fingerprint density at radius 3 is 2.71 bits per heavy atom. The van der Waals surface area contributed by atoms with Crippen LogP contribution in [0.3, 0.4) is 0 Å². The maximum absolute atomic E-state index is 12.0. The molecule has 0 radical (unpaired) electrons. The van der Waals surface area contributed by atoms with Gasteiger partial charge in [0.25, 0.3) is 0 Å². The summed E-state index contributed by atoms with van der Waals surface area (Å²) >= 11 is 0. The number of ether oxygens (including phenoxy) is 1. The summed E-state index contributed by atoms with van der Waals surface area (Å²) in [5, 5.41) is 3.07. The number of imidazole rings is 1. The number of benzene rings is 2. The van der Waals surface area contributed by atoms with Gasteiger partial charge < -0.3 is 14.6 Å². The van der Waals surface area contributed by atoms with Crippen LogP contribution in [0.5, 0.6) is 5.75 Å². The van der Waals surface area contributed by atoms with Crippen molar-refractivity contribution in [1.29, 1.82) is 0 Å². The van der Waals surface area contributed by atoms with Crippen LogP contribution < -0.4 is 10.1 Å². The molecule has 1 N–H and O–H groups in total. The van der Waals surface area contributed by atoms with Crippen LogP contribution in [-0.2, 0) is 11.3 Å². The summed E-state index contributed by atoms with van der Waals surface area (Å²) in [4.78, 5) is 16.8. The molecular weight excluding hydrogens is 350 g/mol. The molecule has 5 heteroatoms. The standard InChI is InChI=1S/C23H29N3O2/c1-4-10-22(27)24-18(3)23-25-19-12-6-7-13-20(19)26(23)15-9-16-28-21-14-8-5-11-17(21)2/h5-8,11-14,18H,4,9-10,15-16H2,1-3H3,(H,24,27). The number of carbonyl (C=O) groups is 1. The molecule has 0 aliphatic heterocycles. The fraction of sp³-hybridized carbons (Fsp3) is 0.391. The summed E-state index contributed by atoms with van der Waals surface area (Å²) in [5.74, 6) is 1.89. The van der Waals surface area contributed by atoms with E-state index in [0.717, 1.165) is 47.6 Å². The molecule has 148 valence electrons. The van der Waals surface area contributed by atoms with Gasteiger partial charge in [0.2, 0.25) is 5.91 Å². The van der Waals surface area contributed by atoms with E-state index >= 15 is 0 Å². The van der Waals surface area contributed by atoms with E-state index in [2.05, 4.69) is 28.9 Å². The third kappa shape index (κ3) is 4.71. The molecule has 1 atom stereocenters. The van der Waals surface area contributed by atoms with E-state index in [1.165, 1.54) is 0 Å². The largest absolute Gasteiger partial charge is 0.493 e. The molecule has 0 aliphatic carbocycles. The number of fused-ring (bicyclic) bond motifs is 1. The smallest absolute Gasteiger partial charge is 0.220 e. The maximum Gasteiger partial charge on any atom is 0.220 e. The lowest BCUT2D eigenvalue weighted by molar-refractivity contribution is -0.121. The van der Waals surface area contributed by atoms with Crippen LogP contribution in [0.2, 0.25) is 0 Å². The molecule has 0 aliphatic rings. The van der Waals surface area contributed by atoms with E-state index in [1.54, 1.807) is 0 Å². The molecule has 3 rings (SSSR count). The van der Waals surface area contributed by atoms with Gasteiger partial charge in [-0.2, -0.15) is 0 Å². The molecule has 3 aromatic rings. The van der Waals surface area contributed by atoms with Gasteiger partial charge in [-0.15, -0.1) is 0 Å². The third-order valence-electron chi connectivity index (χ3n) is 4.80. The van der Waals surface area contributed by atoms with Gasteiger partial charge in [0, 0.05) is 13.0 Å². The first-order valence-corrected chi connectivity index (χ1v) is 10.0. The number of aromatic nitrogens is 2. The highest BCUT2D eigenvalue weighted by atomic mass is 16.5. The molecule has 1 aromatic heterocycles. The highest BCUT2D eigenvalue weighted by molar-refractivity contribution is 5.78. The number of hydrogen-bond donors (Lipinski definition) is 1. The predicted molar refractivity (Wildman–Crippen MR) is 112 cm³/mol. The lowest BCUT2D eigenvalue weighted by Crippen LogP contribution is -2.28. The Labute approximate surface area is 166 Å². The Bertz CT molecular complexity index is 932. The van der Waals surface area contributed by atoms with Crippen LogP contribution in [-0.4, -0.2) is 22.1 Å². The number of para-hydroxylation sites is 3. The number of amides is 1. The van der Waals surface area contributed by atoms with E-state index in [9.17, 15) is 4.79 Å². The van der Waals surface area contributed by atoms with Crippen molar-refractivity contribution >= 4 is 16.9 Å². The fourth-order valence-corrected chi connectivity index (χ4v) is 3.39. The van der Waals surface area contributed by atoms with Gasteiger partial charge in [-0.25, -0.2) is 4.98 Å². The molecule has 5 nitrogen and oxygen atoms in total. The van der Waals surface area contributed by atoms with E-state index in [4.69, 9.17) is 9.72 Å². The molecule has 2 aromatic carbocycles. The molecular formula is C23H29N3O2. The summed E-state index contributed by atoms with van der Waals surface area (Å²) in [5.41, 5.74) is 3.18. The van der Waals surface area contributed by atoms with Crippen LogP contribution in [0, 0.1) is 6.92 Å². The molecule has 1 heterocycles. The van der Waals surface area contributed by atoms with Gasteiger partial charge in [-0.1, -0.05) is 37.3 Å². The van der Waals surface area contributed by atoms with E-state index in [1.807, 2.05) is 50.2 Å². The van der Waals surface area contributed by atoms with Crippen molar-refractivity contribution in [3.8, 4) is 5.75 Å². The zero-order valence-corrected chi connectivity index (χ0v) is 16.9. The molecule has 0 bridgehead atoms. The quantitative estimate of drug-likeness (QED) is 0.544. The van der Waals surface area contributed by atoms with Crippen LogP contribution >= 0.6 is 0 Å². The number of aryl methyl sites for hydroxylation is 2. The molecule has 0 spiro atoms. The first-order chi connectivity index (χ1) is 13.6. The topological polar surface area (TPSA) is 56.2 Å². The van der Waals surface area contributed by atoms with Crippen LogP contribution in [0.15, 0.2) is 48.5 Å². The number of rotatable bonds is 9. The number of carbonyl (C=O) groups excluding carboxylic acids is 1. The number of nitrogens with zero attached hydrogens (tertiary/aromatic N) is 2. The monoisotopic (exact) mass is 379 g/mol. The van der Waals surface area contributed by atoms with Crippen molar-refractivity contribution in [2.75, 3.05) is 6.61 Å². The molecule has 28 heavy (non-hydrogen) atoms. The Hall–Kier alpha value is -2.82. The Morgan fingerprint density at radius 2 is 1.93 bits per heavy atom. The lowest BCUT2D eigenvalue weighted by Gasteiger charge is -2.16. The van der Waals surface area contributed by atoms with Crippen LogP contribution in [0.4, 0.5) is 0 Å². The minimum absolute atomic E-state index is 0.0662. The summed E-state index contributed by atoms with van der Waals surface area (Å²) in [6, 6.07) is 16.0. The lowest BCUT2D eigenvalue weighted by atomic mass is 10.2. The summed E-state index contributed by atoms with van der Waals surface area (Å²) < 4.78 is 8.14. The van der Waals surface area contributed by atoms with Crippen molar-refractivity contribution in [2.24, 2.45) is 0 Å². The Balaban J connectivity index is 1.71. The van der Waals surface area contributed by atoms with Gasteiger partial charge in [0.05, 0.1) is 23.7 Å². The predicted octanol–water partition coefficient (Wildman–Crippen LogP) is 4.79. The average molecular weight is 380 g/mol. The second-order valence-electron chi connectivity index (χ2n) is 7.12. The SMILES string of the molecule is CCCC(=O)NC(C)c1nc2ccccc2n1CCCOc1ccccc1C. The van der Waals surface area contributed by atoms with Gasteiger partial charge in [0.15, 0.2) is 0 Å². The summed E-state index contributed by atoms with van der Waals surface area (Å²) in [7, 11) is 0. The fourth-order valence-electron chi connectivity index (χ4n) is 3.39. The number of hydrogen-bond acceptors (Lipinski definition) is 3. The van der Waals surface area contributed by atoms with E-state index < -0.39 is 0 Å². The Morgan fingerprint density at radius 1 is 1.18 bits per heavy atom. The van der Waals surface area contributed by atoms with Crippen LogP contribution in [0.1, 0.15) is 50.5 Å². The minimum atomic E-state index is -0.135. The molecule has 0 saturated heterocycles. The average Bonchev–Trinajstić information content (AvgIpc) is 3.05. The highest BCUT2D eigenvalue weighted by Gasteiger charge is 2.18. The second kappa shape index (κ2) is 9.40. The normalized spacial score (nSPS) is 12.1. The summed E-state index contributed by atoms with van der Waals surface area (Å²) in [6.07, 6.45) is 2.23. The van der Waals surface area contributed by atoms with Crippen LogP contribution in [0.25, 0.3) is 11.0 Å². The zero-order chi connectivity index (χ0) is 19.9. The van der Waals surface area contributed by atoms with Crippen molar-refractivity contribution in [3.63, 3.8) is 0 Å². The second-order valence-corrected chi connectivity index (χ2v) is 7.12. The van der Waals surface area contributed by atoms with Crippen molar-refractivity contribution in [1.82, 2.24) is 14.9 Å². The minimum Gasteiger partial charge on any atom is -0.493 e. The third-order valence-corrected chi connectivity index (χ3v) is 4.80. The van der Waals surface area contributed by atoms with E-state index in [0.29, 0.717) is 13.0 Å².